The van der Waals surface area contributed by atoms with Crippen molar-refractivity contribution in [3.8, 4) is 0 Å². The predicted molar refractivity (Wildman–Crippen MR) is 133 cm³/mol. The van der Waals surface area contributed by atoms with Crippen molar-refractivity contribution in [1.29, 1.82) is 0 Å². The minimum absolute atomic E-state index is 0.00702. The van der Waals surface area contributed by atoms with Crippen molar-refractivity contribution in [3.63, 3.8) is 0 Å². The third-order valence-electron chi connectivity index (χ3n) is 6.02. The van der Waals surface area contributed by atoms with Crippen LogP contribution in [0.1, 0.15) is 91.9 Å². The van der Waals surface area contributed by atoms with Crippen LogP contribution in [-0.2, 0) is 62.2 Å². The van der Waals surface area contributed by atoms with Crippen molar-refractivity contribution in [2.45, 2.75) is 103 Å². The van der Waals surface area contributed by atoms with Crippen LogP contribution in [0.4, 0.5) is 0 Å². The summed E-state index contributed by atoms with van der Waals surface area (Å²) in [6.45, 7) is 7.10. The Bertz CT molecular complexity index is 1030. The van der Waals surface area contributed by atoms with E-state index in [-0.39, 0.29) is 64.6 Å². The van der Waals surface area contributed by atoms with Gasteiger partial charge in [-0.05, 0) is 27.7 Å². The number of hydroxylamine groups is 4. The third-order valence-corrected chi connectivity index (χ3v) is 6.02. The first-order chi connectivity index (χ1) is 19.1. The number of esters is 2. The number of rotatable bonds is 16. The van der Waals surface area contributed by atoms with Crippen molar-refractivity contribution >= 4 is 47.5 Å². The second-order valence-corrected chi connectivity index (χ2v) is 10.7. The molecule has 0 aromatic rings. The lowest BCUT2D eigenvalue weighted by Crippen LogP contribution is -2.34. The van der Waals surface area contributed by atoms with E-state index in [2.05, 4.69) is 4.84 Å². The molecule has 0 bridgehead atoms. The summed E-state index contributed by atoms with van der Waals surface area (Å²) in [4.78, 5) is 103. The molecule has 2 saturated heterocycles. The maximum atomic E-state index is 12.2. The highest BCUT2D eigenvalue weighted by atomic mass is 16.7. The van der Waals surface area contributed by atoms with Crippen molar-refractivity contribution in [3.05, 3.63) is 0 Å². The monoisotopic (exact) mass is 584 g/mol. The first-order valence-electron chi connectivity index (χ1n) is 13.2. The number of hydrogen-bond acceptors (Lipinski definition) is 13. The molecule has 0 N–H and O–H groups in total. The van der Waals surface area contributed by atoms with E-state index in [0.717, 1.165) is 0 Å². The van der Waals surface area contributed by atoms with Gasteiger partial charge in [0.25, 0.3) is 23.6 Å². The molecule has 2 aliphatic heterocycles. The maximum Gasteiger partial charge on any atom is 0.333 e. The molecular weight excluding hydrogens is 548 g/mol. The van der Waals surface area contributed by atoms with Gasteiger partial charge in [0.05, 0.1) is 44.5 Å². The van der Waals surface area contributed by atoms with Gasteiger partial charge in [-0.1, -0.05) is 0 Å². The molecule has 0 saturated carbocycles. The lowest BCUT2D eigenvalue weighted by molar-refractivity contribution is -0.198. The summed E-state index contributed by atoms with van der Waals surface area (Å²) in [7, 11) is 0. The Labute approximate surface area is 236 Å². The Morgan fingerprint density at radius 3 is 1.44 bits per heavy atom. The highest BCUT2D eigenvalue weighted by Gasteiger charge is 2.34. The Hall–Kier alpha value is -3.88. The Balaban J connectivity index is 1.59. The zero-order valence-corrected chi connectivity index (χ0v) is 23.7. The molecule has 41 heavy (non-hydrogen) atoms. The molecule has 4 amide bonds. The first-order valence-corrected chi connectivity index (χ1v) is 13.2. The van der Waals surface area contributed by atoms with Gasteiger partial charge >= 0.3 is 23.9 Å². The van der Waals surface area contributed by atoms with Gasteiger partial charge in [0.15, 0.2) is 0 Å². The van der Waals surface area contributed by atoms with E-state index in [4.69, 9.17) is 19.0 Å². The van der Waals surface area contributed by atoms with E-state index in [1.165, 1.54) is 0 Å². The second kappa shape index (κ2) is 14.7. The molecule has 15 nitrogen and oxygen atoms in total. The van der Waals surface area contributed by atoms with Gasteiger partial charge in [0.2, 0.25) is 0 Å². The molecule has 0 spiro atoms. The van der Waals surface area contributed by atoms with Crippen LogP contribution in [0, 0.1) is 0 Å². The highest BCUT2D eigenvalue weighted by molar-refractivity contribution is 6.02. The average molecular weight is 585 g/mol. The molecule has 15 heteroatoms. The summed E-state index contributed by atoms with van der Waals surface area (Å²) < 4.78 is 16.4. The number of hydrogen-bond donors (Lipinski definition) is 0. The molecule has 228 valence electrons. The predicted octanol–water partition coefficient (Wildman–Crippen LogP) is 1.20. The van der Waals surface area contributed by atoms with Crippen LogP contribution in [0.25, 0.3) is 0 Å². The fourth-order valence-corrected chi connectivity index (χ4v) is 3.56. The van der Waals surface area contributed by atoms with Crippen LogP contribution in [-0.4, -0.2) is 82.0 Å². The highest BCUT2D eigenvalue weighted by Crippen LogP contribution is 2.21. The standard InChI is InChI=1S/C26H36N2O13/c1-25(2,13-15-37-21(33)9-11-23(35)40-27-17(29)5-6-18(27)30)38-16-14-26(3,4)39-22(34)10-12-24(36)41-28-19(31)7-8-20(28)32/h5-16H2,1-4H3. The summed E-state index contributed by atoms with van der Waals surface area (Å²) in [6, 6.07) is 0. The van der Waals surface area contributed by atoms with Crippen LogP contribution >= 0.6 is 0 Å². The summed E-state index contributed by atoms with van der Waals surface area (Å²) in [5, 5.41) is 0.828. The van der Waals surface area contributed by atoms with E-state index in [9.17, 15) is 38.4 Å². The van der Waals surface area contributed by atoms with Crippen molar-refractivity contribution < 1.29 is 62.2 Å². The van der Waals surface area contributed by atoms with E-state index in [1.807, 2.05) is 0 Å². The molecule has 2 fully saturated rings. The molecule has 0 unspecified atom stereocenters. The second-order valence-electron chi connectivity index (χ2n) is 10.7. The van der Waals surface area contributed by atoms with Crippen LogP contribution in [0.2, 0.25) is 0 Å². The van der Waals surface area contributed by atoms with Gasteiger partial charge in [-0.25, -0.2) is 9.59 Å². The summed E-state index contributed by atoms with van der Waals surface area (Å²) in [5.41, 5.74) is -1.63. The molecule has 2 aliphatic rings. The van der Waals surface area contributed by atoms with E-state index in [0.29, 0.717) is 23.0 Å². The quantitative estimate of drug-likeness (QED) is 0.186. The van der Waals surface area contributed by atoms with Crippen LogP contribution in [0.3, 0.4) is 0 Å². The minimum atomic E-state index is -0.927. The molecule has 0 aliphatic carbocycles. The number of imide groups is 2. The number of nitrogens with zero attached hydrogens (tertiary/aromatic N) is 2. The van der Waals surface area contributed by atoms with Gasteiger partial charge in [-0.2, -0.15) is 0 Å². The number of carbonyl (C=O) groups excluding carboxylic acids is 8. The largest absolute Gasteiger partial charge is 0.466 e. The van der Waals surface area contributed by atoms with Gasteiger partial charge < -0.3 is 23.9 Å². The summed E-state index contributed by atoms with van der Waals surface area (Å²) in [5.74, 6) is -5.55. The topological polar surface area (TPSA) is 189 Å². The summed E-state index contributed by atoms with van der Waals surface area (Å²) >= 11 is 0. The number of amides is 4. The Morgan fingerprint density at radius 1 is 0.585 bits per heavy atom. The molecule has 0 radical (unpaired) electrons. The SMILES string of the molecule is CC(C)(CCOC(=O)CCC(=O)ON1C(=O)CCC1=O)OCCC(C)(C)OC(=O)CCC(=O)ON1C(=O)CCC1=O. The third kappa shape index (κ3) is 11.6. The molecule has 0 aromatic carbocycles. The van der Waals surface area contributed by atoms with Crippen molar-refractivity contribution in [1.82, 2.24) is 10.1 Å². The lowest BCUT2D eigenvalue weighted by Gasteiger charge is -2.29. The normalized spacial score (nSPS) is 15.8. The van der Waals surface area contributed by atoms with Crippen LogP contribution in [0.15, 0.2) is 0 Å². The van der Waals surface area contributed by atoms with Crippen molar-refractivity contribution in [2.24, 2.45) is 0 Å². The summed E-state index contributed by atoms with van der Waals surface area (Å²) in [6.07, 6.45) is -0.793. The average Bonchev–Trinajstić information content (AvgIpc) is 3.35. The Morgan fingerprint density at radius 2 is 0.976 bits per heavy atom. The zero-order chi connectivity index (χ0) is 30.8. The number of ether oxygens (including phenoxy) is 3. The van der Waals surface area contributed by atoms with E-state index >= 15 is 0 Å². The van der Waals surface area contributed by atoms with Gasteiger partial charge in [-0.3, -0.25) is 28.8 Å². The fraction of sp³-hybridized carbons (Fsp3) is 0.692. The van der Waals surface area contributed by atoms with Gasteiger partial charge in [-0.15, -0.1) is 10.1 Å². The Kier molecular flexibility index (Phi) is 11.9. The van der Waals surface area contributed by atoms with Gasteiger partial charge in [0, 0.05) is 38.5 Å². The molecule has 2 heterocycles. The van der Waals surface area contributed by atoms with E-state index < -0.39 is 58.7 Å². The van der Waals surface area contributed by atoms with Crippen LogP contribution in [0.5, 0.6) is 0 Å². The maximum absolute atomic E-state index is 12.2. The lowest BCUT2D eigenvalue weighted by atomic mass is 10.0. The van der Waals surface area contributed by atoms with Gasteiger partial charge in [0.1, 0.15) is 5.60 Å². The van der Waals surface area contributed by atoms with Crippen LogP contribution < -0.4 is 0 Å². The smallest absolute Gasteiger partial charge is 0.333 e. The minimum Gasteiger partial charge on any atom is -0.466 e. The van der Waals surface area contributed by atoms with Crippen molar-refractivity contribution in [2.75, 3.05) is 13.2 Å². The fourth-order valence-electron chi connectivity index (χ4n) is 3.56. The van der Waals surface area contributed by atoms with E-state index in [1.54, 1.807) is 27.7 Å². The first kappa shape index (κ1) is 33.3. The molecular formula is C26H36N2O13. The zero-order valence-electron chi connectivity index (χ0n) is 23.7. The molecule has 2 rings (SSSR count). The number of carbonyl (C=O) groups is 8. The molecule has 0 atom stereocenters. The molecule has 0 aromatic heterocycles.